The van der Waals surface area contributed by atoms with Crippen LogP contribution in [0.5, 0.6) is 11.5 Å². The number of carbonyl (C=O) groups is 2. The molecule has 0 bridgehead atoms. The van der Waals surface area contributed by atoms with Gasteiger partial charge in [0.2, 0.25) is 0 Å². The van der Waals surface area contributed by atoms with Gasteiger partial charge in [0.05, 0.1) is 31.4 Å². The molecule has 2 amide bonds. The van der Waals surface area contributed by atoms with E-state index >= 15 is 0 Å². The van der Waals surface area contributed by atoms with Crippen LogP contribution in [0.25, 0.3) is 6.08 Å². The Morgan fingerprint density at radius 3 is 2.34 bits per heavy atom. The van der Waals surface area contributed by atoms with Crippen molar-refractivity contribution in [3.63, 3.8) is 0 Å². The van der Waals surface area contributed by atoms with Gasteiger partial charge in [0.25, 0.3) is 11.8 Å². The molecule has 1 aliphatic heterocycles. The predicted octanol–water partition coefficient (Wildman–Crippen LogP) is 6.50. The average molecular weight is 569 g/mol. The van der Waals surface area contributed by atoms with Crippen molar-refractivity contribution >= 4 is 35.3 Å². The molecule has 6 nitrogen and oxygen atoms in total. The Bertz CT molecular complexity index is 1590. The van der Waals surface area contributed by atoms with Crippen molar-refractivity contribution in [1.29, 1.82) is 0 Å². The van der Waals surface area contributed by atoms with Gasteiger partial charge in [-0.2, -0.15) is 0 Å². The second-order valence-electron chi connectivity index (χ2n) is 9.41. The molecule has 0 aliphatic carbocycles. The van der Waals surface area contributed by atoms with Crippen LogP contribution in [0, 0.1) is 5.82 Å². The van der Waals surface area contributed by atoms with Crippen molar-refractivity contribution in [2.24, 2.45) is 0 Å². The van der Waals surface area contributed by atoms with Crippen molar-refractivity contribution in [3.05, 3.63) is 124 Å². The normalized spacial score (nSPS) is 13.6. The monoisotopic (exact) mass is 568 g/mol. The van der Waals surface area contributed by atoms with Crippen molar-refractivity contribution in [2.45, 2.75) is 17.9 Å². The number of carbonyl (C=O) groups excluding carboxylic acids is 2. The van der Waals surface area contributed by atoms with E-state index in [1.165, 1.54) is 23.9 Å². The Morgan fingerprint density at radius 2 is 1.61 bits per heavy atom. The fraction of sp³-hybridized carbons (Fsp3) is 0.152. The highest BCUT2D eigenvalue weighted by atomic mass is 32.2. The molecule has 0 saturated carbocycles. The number of anilines is 1. The molecule has 0 atom stereocenters. The molecule has 4 aromatic rings. The van der Waals surface area contributed by atoms with Crippen LogP contribution in [-0.4, -0.2) is 32.6 Å². The lowest BCUT2D eigenvalue weighted by Crippen LogP contribution is -2.33. The number of benzene rings is 4. The molecule has 0 radical (unpaired) electrons. The summed E-state index contributed by atoms with van der Waals surface area (Å²) in [4.78, 5) is 29.5. The maximum Gasteiger partial charge on any atom is 0.265 e. The van der Waals surface area contributed by atoms with Crippen LogP contribution in [0.4, 0.5) is 10.1 Å². The summed E-state index contributed by atoms with van der Waals surface area (Å²) >= 11 is 1.41. The average Bonchev–Trinajstić information content (AvgIpc) is 3.00. The lowest BCUT2D eigenvalue weighted by Gasteiger charge is -2.30. The van der Waals surface area contributed by atoms with E-state index in [0.717, 1.165) is 27.3 Å². The van der Waals surface area contributed by atoms with Crippen molar-refractivity contribution in [3.8, 4) is 11.5 Å². The van der Waals surface area contributed by atoms with Gasteiger partial charge >= 0.3 is 0 Å². The van der Waals surface area contributed by atoms with E-state index in [0.29, 0.717) is 41.5 Å². The van der Waals surface area contributed by atoms with Crippen molar-refractivity contribution < 1.29 is 23.5 Å². The SMILES string of the molecule is COc1ccc(CCNC(=O)c2ccc(C=C3Sc4ccccc4N(Cc4ccc(F)cc4)C3=O)cc2)cc1OC. The summed E-state index contributed by atoms with van der Waals surface area (Å²) in [6, 6.07) is 26.8. The second kappa shape index (κ2) is 12.7. The van der Waals surface area contributed by atoms with Crippen LogP contribution in [0.1, 0.15) is 27.0 Å². The van der Waals surface area contributed by atoms with E-state index in [9.17, 15) is 14.0 Å². The third-order valence-corrected chi connectivity index (χ3v) is 7.78. The number of hydrogen-bond donors (Lipinski definition) is 1. The van der Waals surface area contributed by atoms with Crippen molar-refractivity contribution in [2.75, 3.05) is 25.7 Å². The number of methoxy groups -OCH3 is 2. The predicted molar refractivity (Wildman–Crippen MR) is 160 cm³/mol. The summed E-state index contributed by atoms with van der Waals surface area (Å²) in [5.74, 6) is 0.693. The zero-order valence-electron chi connectivity index (χ0n) is 22.7. The number of fused-ring (bicyclic) bond motifs is 1. The first-order valence-corrected chi connectivity index (χ1v) is 13.9. The number of halogens is 1. The standard InChI is InChI=1S/C33H29FN2O4S/c1-39-28-16-11-23(19-29(28)40-2)17-18-35-32(37)25-12-7-22(8-13-25)20-31-33(38)36(21-24-9-14-26(34)15-10-24)27-5-3-4-6-30(27)41-31/h3-16,19-20H,17-18,21H2,1-2H3,(H,35,37). The number of rotatable bonds is 9. The molecule has 41 heavy (non-hydrogen) atoms. The highest BCUT2D eigenvalue weighted by molar-refractivity contribution is 8.04. The number of thioether (sulfide) groups is 1. The zero-order valence-corrected chi connectivity index (χ0v) is 23.5. The minimum Gasteiger partial charge on any atom is -0.493 e. The number of para-hydroxylation sites is 1. The molecule has 0 unspecified atom stereocenters. The highest BCUT2D eigenvalue weighted by Crippen LogP contribution is 2.42. The maximum atomic E-state index is 13.5. The lowest BCUT2D eigenvalue weighted by atomic mass is 10.1. The lowest BCUT2D eigenvalue weighted by molar-refractivity contribution is -0.114. The third kappa shape index (κ3) is 6.61. The molecule has 1 N–H and O–H groups in total. The maximum absolute atomic E-state index is 13.5. The first-order chi connectivity index (χ1) is 19.9. The fourth-order valence-corrected chi connectivity index (χ4v) is 5.59. The van der Waals surface area contributed by atoms with Gasteiger partial charge in [0, 0.05) is 17.0 Å². The second-order valence-corrected chi connectivity index (χ2v) is 10.5. The number of ether oxygens (including phenoxy) is 2. The van der Waals surface area contributed by atoms with Crippen LogP contribution >= 0.6 is 11.8 Å². The minimum atomic E-state index is -0.315. The van der Waals surface area contributed by atoms with Gasteiger partial charge in [-0.05, 0) is 77.7 Å². The van der Waals surface area contributed by atoms with Crippen LogP contribution in [0.2, 0.25) is 0 Å². The van der Waals surface area contributed by atoms with Gasteiger partial charge in [-0.3, -0.25) is 9.59 Å². The molecule has 5 rings (SSSR count). The number of hydrogen-bond acceptors (Lipinski definition) is 5. The van der Waals surface area contributed by atoms with E-state index in [1.54, 1.807) is 43.4 Å². The zero-order chi connectivity index (χ0) is 28.8. The first-order valence-electron chi connectivity index (χ1n) is 13.1. The van der Waals surface area contributed by atoms with E-state index in [4.69, 9.17) is 9.47 Å². The molecule has 0 saturated heterocycles. The summed E-state index contributed by atoms with van der Waals surface area (Å²) in [5, 5.41) is 2.95. The van der Waals surface area contributed by atoms with E-state index < -0.39 is 0 Å². The summed E-state index contributed by atoms with van der Waals surface area (Å²) < 4.78 is 24.0. The molecule has 0 spiro atoms. The van der Waals surface area contributed by atoms with Crippen LogP contribution < -0.4 is 19.7 Å². The van der Waals surface area contributed by atoms with E-state index in [1.807, 2.05) is 60.7 Å². The Balaban J connectivity index is 1.25. The van der Waals surface area contributed by atoms with Crippen LogP contribution in [0.3, 0.4) is 0 Å². The fourth-order valence-electron chi connectivity index (χ4n) is 4.53. The first kappa shape index (κ1) is 28.0. The summed E-state index contributed by atoms with van der Waals surface area (Å²) in [7, 11) is 3.18. The molecule has 8 heteroatoms. The topological polar surface area (TPSA) is 67.9 Å². The van der Waals surface area contributed by atoms with Crippen LogP contribution in [-0.2, 0) is 17.8 Å². The van der Waals surface area contributed by atoms with Crippen molar-refractivity contribution in [1.82, 2.24) is 5.32 Å². The molecule has 0 aromatic heterocycles. The number of amides is 2. The number of nitrogens with one attached hydrogen (secondary N) is 1. The Morgan fingerprint density at radius 1 is 0.902 bits per heavy atom. The van der Waals surface area contributed by atoms with Gasteiger partial charge < -0.3 is 19.7 Å². The summed E-state index contributed by atoms with van der Waals surface area (Å²) in [5.41, 5.74) is 4.02. The molecular weight excluding hydrogens is 539 g/mol. The Hall–Kier alpha value is -4.56. The quantitative estimate of drug-likeness (QED) is 0.234. The molecule has 208 valence electrons. The molecule has 4 aromatic carbocycles. The Labute approximate surface area is 242 Å². The van der Waals surface area contributed by atoms with Gasteiger partial charge in [-0.1, -0.05) is 54.2 Å². The Kier molecular flexibility index (Phi) is 8.70. The van der Waals surface area contributed by atoms with E-state index in [2.05, 4.69) is 5.32 Å². The van der Waals surface area contributed by atoms with Gasteiger partial charge in [0.1, 0.15) is 5.82 Å². The van der Waals surface area contributed by atoms with Gasteiger partial charge in [-0.25, -0.2) is 4.39 Å². The highest BCUT2D eigenvalue weighted by Gasteiger charge is 2.29. The summed E-state index contributed by atoms with van der Waals surface area (Å²) in [6.45, 7) is 0.797. The summed E-state index contributed by atoms with van der Waals surface area (Å²) in [6.07, 6.45) is 2.48. The molecule has 1 aliphatic rings. The molecule has 0 fully saturated rings. The molecular formula is C33H29FN2O4S. The molecule has 1 heterocycles. The smallest absolute Gasteiger partial charge is 0.265 e. The largest absolute Gasteiger partial charge is 0.493 e. The van der Waals surface area contributed by atoms with Gasteiger partial charge in [-0.15, -0.1) is 0 Å². The third-order valence-electron chi connectivity index (χ3n) is 6.70. The van der Waals surface area contributed by atoms with Gasteiger partial charge in [0.15, 0.2) is 11.5 Å². The number of nitrogens with zero attached hydrogens (tertiary/aromatic N) is 1. The minimum absolute atomic E-state index is 0.130. The van der Waals surface area contributed by atoms with E-state index in [-0.39, 0.29) is 17.6 Å². The van der Waals surface area contributed by atoms with Crippen LogP contribution in [0.15, 0.2) is 101 Å².